The Labute approximate surface area is 129 Å². The maximum atomic E-state index is 14.1. The molecule has 0 aliphatic rings. The summed E-state index contributed by atoms with van der Waals surface area (Å²) in [7, 11) is 1.65. The van der Waals surface area contributed by atoms with Crippen LogP contribution in [0, 0.1) is 12.7 Å². The molecule has 0 atom stereocenters. The van der Waals surface area contributed by atoms with Crippen LogP contribution in [0.25, 0.3) is 10.6 Å². The molecule has 1 heterocycles. The molecule has 2 aromatic rings. The molecule has 3 nitrogen and oxygen atoms in total. The van der Waals surface area contributed by atoms with Crippen molar-refractivity contribution < 1.29 is 9.13 Å². The van der Waals surface area contributed by atoms with Crippen molar-refractivity contribution in [3.05, 3.63) is 40.2 Å². The van der Waals surface area contributed by atoms with Gasteiger partial charge in [0, 0.05) is 24.1 Å². The average Bonchev–Trinajstić information content (AvgIpc) is 2.82. The molecule has 1 aromatic carbocycles. The van der Waals surface area contributed by atoms with Crippen LogP contribution >= 0.6 is 11.3 Å². The van der Waals surface area contributed by atoms with Gasteiger partial charge >= 0.3 is 0 Å². The standard InChI is InChI=1S/C16H21FN2OS/c1-4-7-18-9-15-14(10-20-3)19-16(21-15)12-6-5-11(2)8-13(12)17/h5-6,8,18H,4,7,9-10H2,1-3H3. The van der Waals surface area contributed by atoms with E-state index in [1.165, 1.54) is 11.3 Å². The van der Waals surface area contributed by atoms with Crippen LogP contribution in [0.2, 0.25) is 0 Å². The third kappa shape index (κ3) is 4.09. The number of methoxy groups -OCH3 is 1. The quantitative estimate of drug-likeness (QED) is 0.788. The third-order valence-electron chi connectivity index (χ3n) is 3.13. The maximum absolute atomic E-state index is 14.1. The van der Waals surface area contributed by atoms with E-state index < -0.39 is 0 Å². The first-order valence-electron chi connectivity index (χ1n) is 7.10. The number of aryl methyl sites for hydroxylation is 1. The Morgan fingerprint density at radius 3 is 2.86 bits per heavy atom. The molecule has 0 saturated heterocycles. The average molecular weight is 308 g/mol. The van der Waals surface area contributed by atoms with Crippen molar-refractivity contribution in [2.45, 2.75) is 33.4 Å². The Bertz CT molecular complexity index is 598. The highest BCUT2D eigenvalue weighted by Gasteiger charge is 2.15. The van der Waals surface area contributed by atoms with Gasteiger partial charge < -0.3 is 10.1 Å². The van der Waals surface area contributed by atoms with Crippen LogP contribution in [-0.4, -0.2) is 18.6 Å². The van der Waals surface area contributed by atoms with E-state index in [1.807, 2.05) is 13.0 Å². The molecule has 21 heavy (non-hydrogen) atoms. The van der Waals surface area contributed by atoms with Crippen LogP contribution in [0.15, 0.2) is 18.2 Å². The van der Waals surface area contributed by atoms with Gasteiger partial charge in [0.05, 0.1) is 12.3 Å². The molecule has 0 spiro atoms. The van der Waals surface area contributed by atoms with E-state index >= 15 is 0 Å². The Kier molecular flexibility index (Phi) is 5.85. The number of nitrogens with one attached hydrogen (secondary N) is 1. The Balaban J connectivity index is 2.29. The van der Waals surface area contributed by atoms with E-state index in [-0.39, 0.29) is 5.82 Å². The molecule has 0 unspecified atom stereocenters. The molecule has 1 aromatic heterocycles. The highest BCUT2D eigenvalue weighted by Crippen LogP contribution is 2.30. The van der Waals surface area contributed by atoms with Crippen molar-refractivity contribution in [2.24, 2.45) is 0 Å². The second-order valence-corrected chi connectivity index (χ2v) is 6.07. The number of nitrogens with zero attached hydrogens (tertiary/aromatic N) is 1. The van der Waals surface area contributed by atoms with Gasteiger partial charge in [0.2, 0.25) is 0 Å². The minimum Gasteiger partial charge on any atom is -0.378 e. The van der Waals surface area contributed by atoms with Crippen molar-refractivity contribution >= 4 is 11.3 Å². The summed E-state index contributed by atoms with van der Waals surface area (Å²) in [6.45, 7) is 6.16. The molecular formula is C16H21FN2OS. The summed E-state index contributed by atoms with van der Waals surface area (Å²) >= 11 is 1.53. The molecule has 0 radical (unpaired) electrons. The molecule has 0 amide bonds. The lowest BCUT2D eigenvalue weighted by Crippen LogP contribution is -2.14. The number of aromatic nitrogens is 1. The van der Waals surface area contributed by atoms with E-state index in [9.17, 15) is 4.39 Å². The summed E-state index contributed by atoms with van der Waals surface area (Å²) in [5.74, 6) is -0.221. The summed E-state index contributed by atoms with van der Waals surface area (Å²) in [6.07, 6.45) is 1.08. The van der Waals surface area contributed by atoms with Gasteiger partial charge in [-0.2, -0.15) is 0 Å². The molecular weight excluding hydrogens is 287 g/mol. The molecule has 1 N–H and O–H groups in total. The zero-order valence-corrected chi connectivity index (χ0v) is 13.5. The largest absolute Gasteiger partial charge is 0.378 e. The van der Waals surface area contributed by atoms with Crippen LogP contribution in [0.3, 0.4) is 0 Å². The van der Waals surface area contributed by atoms with Crippen LogP contribution in [-0.2, 0) is 17.9 Å². The fraction of sp³-hybridized carbons (Fsp3) is 0.438. The predicted octanol–water partition coefficient (Wildman–Crippen LogP) is 3.90. The van der Waals surface area contributed by atoms with Gasteiger partial charge in [-0.25, -0.2) is 9.37 Å². The Morgan fingerprint density at radius 1 is 1.38 bits per heavy atom. The van der Waals surface area contributed by atoms with Gasteiger partial charge in [0.25, 0.3) is 0 Å². The number of benzene rings is 1. The van der Waals surface area contributed by atoms with Gasteiger partial charge in [-0.15, -0.1) is 11.3 Å². The monoisotopic (exact) mass is 308 g/mol. The van der Waals surface area contributed by atoms with Crippen LogP contribution in [0.4, 0.5) is 4.39 Å². The van der Waals surface area contributed by atoms with E-state index in [2.05, 4.69) is 17.2 Å². The number of rotatable bonds is 7. The summed E-state index contributed by atoms with van der Waals surface area (Å²) in [5, 5.41) is 4.08. The summed E-state index contributed by atoms with van der Waals surface area (Å²) < 4.78 is 19.3. The first-order valence-corrected chi connectivity index (χ1v) is 7.92. The van der Waals surface area contributed by atoms with Crippen molar-refractivity contribution in [2.75, 3.05) is 13.7 Å². The number of hydrogen-bond donors (Lipinski definition) is 1. The Hall–Kier alpha value is -1.30. The van der Waals surface area contributed by atoms with Crippen molar-refractivity contribution in [3.8, 4) is 10.6 Å². The highest BCUT2D eigenvalue weighted by atomic mass is 32.1. The van der Waals surface area contributed by atoms with Gasteiger partial charge in [-0.3, -0.25) is 0 Å². The number of halogens is 1. The minimum atomic E-state index is -0.221. The van der Waals surface area contributed by atoms with E-state index in [4.69, 9.17) is 4.74 Å². The maximum Gasteiger partial charge on any atom is 0.133 e. The highest BCUT2D eigenvalue weighted by molar-refractivity contribution is 7.15. The van der Waals surface area contributed by atoms with Crippen LogP contribution in [0.1, 0.15) is 29.5 Å². The predicted molar refractivity (Wildman–Crippen MR) is 85.0 cm³/mol. The number of ether oxygens (including phenoxy) is 1. The fourth-order valence-electron chi connectivity index (χ4n) is 2.06. The SMILES string of the molecule is CCCNCc1sc(-c2ccc(C)cc2F)nc1COC. The van der Waals surface area contributed by atoms with Crippen LogP contribution < -0.4 is 5.32 Å². The van der Waals surface area contributed by atoms with E-state index in [0.29, 0.717) is 17.2 Å². The first kappa shape index (κ1) is 16.1. The summed E-state index contributed by atoms with van der Waals surface area (Å²) in [6, 6.07) is 5.25. The molecule has 0 bridgehead atoms. The molecule has 5 heteroatoms. The third-order valence-corrected chi connectivity index (χ3v) is 4.26. The Morgan fingerprint density at radius 2 is 2.19 bits per heavy atom. The normalized spacial score (nSPS) is 11.0. The molecule has 0 aliphatic carbocycles. The lowest BCUT2D eigenvalue weighted by atomic mass is 10.1. The molecule has 0 aliphatic heterocycles. The fourth-order valence-corrected chi connectivity index (χ4v) is 3.12. The summed E-state index contributed by atoms with van der Waals surface area (Å²) in [4.78, 5) is 5.66. The van der Waals surface area contributed by atoms with Gasteiger partial charge in [-0.1, -0.05) is 13.0 Å². The zero-order chi connectivity index (χ0) is 15.2. The zero-order valence-electron chi connectivity index (χ0n) is 12.7. The molecule has 0 fully saturated rings. The lowest BCUT2D eigenvalue weighted by Gasteiger charge is -2.02. The van der Waals surface area contributed by atoms with E-state index in [0.717, 1.165) is 35.6 Å². The van der Waals surface area contributed by atoms with Crippen molar-refractivity contribution in [3.63, 3.8) is 0 Å². The van der Waals surface area contributed by atoms with Gasteiger partial charge in [0.15, 0.2) is 0 Å². The summed E-state index contributed by atoms with van der Waals surface area (Å²) in [5.41, 5.74) is 2.36. The van der Waals surface area contributed by atoms with Crippen molar-refractivity contribution in [1.82, 2.24) is 10.3 Å². The molecule has 0 saturated carbocycles. The van der Waals surface area contributed by atoms with Gasteiger partial charge in [-0.05, 0) is 37.6 Å². The van der Waals surface area contributed by atoms with E-state index in [1.54, 1.807) is 19.2 Å². The lowest BCUT2D eigenvalue weighted by molar-refractivity contribution is 0.181. The second-order valence-electron chi connectivity index (χ2n) is 4.98. The van der Waals surface area contributed by atoms with Gasteiger partial charge in [0.1, 0.15) is 10.8 Å². The molecule has 114 valence electrons. The number of hydrogen-bond acceptors (Lipinski definition) is 4. The molecule has 2 rings (SSSR count). The number of thiazole rings is 1. The van der Waals surface area contributed by atoms with Crippen molar-refractivity contribution in [1.29, 1.82) is 0 Å². The van der Waals surface area contributed by atoms with Crippen LogP contribution in [0.5, 0.6) is 0 Å². The first-order chi connectivity index (χ1) is 10.2. The topological polar surface area (TPSA) is 34.2 Å². The smallest absolute Gasteiger partial charge is 0.133 e. The second kappa shape index (κ2) is 7.64. The minimum absolute atomic E-state index is 0.221.